The first-order valence-corrected chi connectivity index (χ1v) is 8.56. The predicted octanol–water partition coefficient (Wildman–Crippen LogP) is 2.63. The quantitative estimate of drug-likeness (QED) is 0.862. The average molecular weight is 325 g/mol. The van der Waals surface area contributed by atoms with Gasteiger partial charge in [-0.05, 0) is 29.6 Å². The predicted molar refractivity (Wildman–Crippen MR) is 94.8 cm³/mol. The molecule has 0 bridgehead atoms. The van der Waals surface area contributed by atoms with E-state index < -0.39 is 0 Å². The van der Waals surface area contributed by atoms with E-state index in [1.54, 1.807) is 11.3 Å². The molecule has 3 rings (SSSR count). The zero-order valence-electron chi connectivity index (χ0n) is 12.9. The van der Waals surface area contributed by atoms with Crippen LogP contribution in [0.5, 0.6) is 0 Å². The SMILES string of the molecule is O=C(NCC#Cc1ccccc1)N1CCN(c2cccs2)CC1. The standard InChI is InChI=1S/C18H19N3OS/c22-18(19-10-4-8-16-6-2-1-3-7-16)21-13-11-20(12-14-21)17-9-5-15-23-17/h1-3,5-7,9,15H,10-14H2,(H,19,22). The number of carbonyl (C=O) groups is 1. The summed E-state index contributed by atoms with van der Waals surface area (Å²) in [4.78, 5) is 16.3. The Balaban J connectivity index is 1.42. The van der Waals surface area contributed by atoms with Crippen LogP contribution >= 0.6 is 11.3 Å². The molecule has 0 saturated carbocycles. The molecule has 2 heterocycles. The molecule has 1 aromatic heterocycles. The van der Waals surface area contributed by atoms with Gasteiger partial charge in [-0.1, -0.05) is 30.0 Å². The van der Waals surface area contributed by atoms with E-state index in [0.717, 1.165) is 31.7 Å². The summed E-state index contributed by atoms with van der Waals surface area (Å²) in [6, 6.07) is 13.9. The largest absolute Gasteiger partial charge is 0.360 e. The maximum atomic E-state index is 12.1. The Morgan fingerprint density at radius 3 is 2.57 bits per heavy atom. The Hall–Kier alpha value is -2.45. The van der Waals surface area contributed by atoms with E-state index >= 15 is 0 Å². The summed E-state index contributed by atoms with van der Waals surface area (Å²) < 4.78 is 0. The van der Waals surface area contributed by atoms with E-state index in [1.165, 1.54) is 5.00 Å². The molecular weight excluding hydrogens is 306 g/mol. The van der Waals surface area contributed by atoms with Gasteiger partial charge in [0.2, 0.25) is 0 Å². The van der Waals surface area contributed by atoms with Crippen molar-refractivity contribution in [2.45, 2.75) is 0 Å². The monoisotopic (exact) mass is 325 g/mol. The lowest BCUT2D eigenvalue weighted by Crippen LogP contribution is -2.51. The topological polar surface area (TPSA) is 35.6 Å². The Kier molecular flexibility index (Phi) is 5.17. The Morgan fingerprint density at radius 2 is 1.87 bits per heavy atom. The van der Waals surface area contributed by atoms with Gasteiger partial charge in [-0.15, -0.1) is 11.3 Å². The van der Waals surface area contributed by atoms with Crippen LogP contribution in [-0.2, 0) is 0 Å². The Morgan fingerprint density at radius 1 is 1.09 bits per heavy atom. The van der Waals surface area contributed by atoms with Gasteiger partial charge in [0.25, 0.3) is 0 Å². The number of hydrogen-bond donors (Lipinski definition) is 1. The van der Waals surface area contributed by atoms with Crippen molar-refractivity contribution in [1.82, 2.24) is 10.2 Å². The number of nitrogens with one attached hydrogen (secondary N) is 1. The lowest BCUT2D eigenvalue weighted by atomic mass is 10.2. The fourth-order valence-electron chi connectivity index (χ4n) is 2.48. The van der Waals surface area contributed by atoms with Gasteiger partial charge in [-0.25, -0.2) is 4.79 Å². The first kappa shape index (κ1) is 15.4. The van der Waals surface area contributed by atoms with Gasteiger partial charge in [0.05, 0.1) is 11.5 Å². The molecule has 23 heavy (non-hydrogen) atoms. The zero-order chi connectivity index (χ0) is 15.9. The van der Waals surface area contributed by atoms with Gasteiger partial charge in [-0.2, -0.15) is 0 Å². The van der Waals surface area contributed by atoms with Crippen molar-refractivity contribution in [2.75, 3.05) is 37.6 Å². The molecule has 4 nitrogen and oxygen atoms in total. The summed E-state index contributed by atoms with van der Waals surface area (Å²) >= 11 is 1.74. The Bertz CT molecular complexity index is 680. The number of rotatable bonds is 2. The van der Waals surface area contributed by atoms with Crippen molar-refractivity contribution >= 4 is 22.4 Å². The van der Waals surface area contributed by atoms with E-state index in [1.807, 2.05) is 35.2 Å². The number of hydrogen-bond acceptors (Lipinski definition) is 3. The molecule has 0 aliphatic carbocycles. The number of amides is 2. The van der Waals surface area contributed by atoms with Crippen molar-refractivity contribution in [3.8, 4) is 11.8 Å². The number of nitrogens with zero attached hydrogens (tertiary/aromatic N) is 2. The molecule has 1 aliphatic heterocycles. The Labute approximate surface area is 140 Å². The molecule has 118 valence electrons. The first-order chi connectivity index (χ1) is 11.3. The number of anilines is 1. The molecule has 1 N–H and O–H groups in total. The lowest BCUT2D eigenvalue weighted by molar-refractivity contribution is 0.196. The van der Waals surface area contributed by atoms with Crippen molar-refractivity contribution in [1.29, 1.82) is 0 Å². The molecule has 2 aromatic rings. The highest BCUT2D eigenvalue weighted by Crippen LogP contribution is 2.22. The van der Waals surface area contributed by atoms with Crippen LogP contribution in [-0.4, -0.2) is 43.7 Å². The second-order valence-electron chi connectivity index (χ2n) is 5.25. The highest BCUT2D eigenvalue weighted by atomic mass is 32.1. The van der Waals surface area contributed by atoms with Crippen LogP contribution in [0.4, 0.5) is 9.80 Å². The average Bonchev–Trinajstić information content (AvgIpc) is 3.14. The normalized spacial score (nSPS) is 14.1. The molecule has 0 spiro atoms. The van der Waals surface area contributed by atoms with Gasteiger partial charge < -0.3 is 15.1 Å². The summed E-state index contributed by atoms with van der Waals surface area (Å²) in [5.41, 5.74) is 0.964. The van der Waals surface area contributed by atoms with Crippen LogP contribution in [0.1, 0.15) is 5.56 Å². The molecule has 5 heteroatoms. The van der Waals surface area contributed by atoms with Crippen LogP contribution < -0.4 is 10.2 Å². The van der Waals surface area contributed by atoms with E-state index in [0.29, 0.717) is 6.54 Å². The molecule has 1 saturated heterocycles. The minimum atomic E-state index is -0.0295. The molecule has 0 atom stereocenters. The molecule has 1 aromatic carbocycles. The molecule has 0 radical (unpaired) electrons. The summed E-state index contributed by atoms with van der Waals surface area (Å²) in [6.45, 7) is 3.62. The number of benzene rings is 1. The van der Waals surface area contributed by atoms with Gasteiger partial charge in [-0.3, -0.25) is 0 Å². The zero-order valence-corrected chi connectivity index (χ0v) is 13.7. The summed E-state index contributed by atoms with van der Waals surface area (Å²) in [5.74, 6) is 6.02. The third kappa shape index (κ3) is 4.27. The van der Waals surface area contributed by atoms with Crippen LogP contribution in [0.25, 0.3) is 0 Å². The highest BCUT2D eigenvalue weighted by Gasteiger charge is 2.21. The van der Waals surface area contributed by atoms with Crippen LogP contribution in [0.3, 0.4) is 0 Å². The van der Waals surface area contributed by atoms with Crippen LogP contribution in [0.2, 0.25) is 0 Å². The molecule has 1 aliphatic rings. The maximum absolute atomic E-state index is 12.1. The van der Waals surface area contributed by atoms with Crippen LogP contribution in [0.15, 0.2) is 47.8 Å². The van der Waals surface area contributed by atoms with E-state index in [4.69, 9.17) is 0 Å². The fourth-order valence-corrected chi connectivity index (χ4v) is 3.26. The third-order valence-corrected chi connectivity index (χ3v) is 4.65. The van der Waals surface area contributed by atoms with Gasteiger partial charge in [0, 0.05) is 31.7 Å². The van der Waals surface area contributed by atoms with E-state index in [9.17, 15) is 4.79 Å². The van der Waals surface area contributed by atoms with Gasteiger partial charge in [0.1, 0.15) is 0 Å². The van der Waals surface area contributed by atoms with Crippen molar-refractivity contribution in [2.24, 2.45) is 0 Å². The summed E-state index contributed by atoms with van der Waals surface area (Å²) in [6.07, 6.45) is 0. The minimum Gasteiger partial charge on any atom is -0.360 e. The highest BCUT2D eigenvalue weighted by molar-refractivity contribution is 7.14. The maximum Gasteiger partial charge on any atom is 0.318 e. The number of carbonyl (C=O) groups excluding carboxylic acids is 1. The number of urea groups is 1. The summed E-state index contributed by atoms with van der Waals surface area (Å²) in [5, 5.41) is 6.23. The van der Waals surface area contributed by atoms with Crippen LogP contribution in [0, 0.1) is 11.8 Å². The molecular formula is C18H19N3OS. The fraction of sp³-hybridized carbons (Fsp3) is 0.278. The number of thiophene rings is 1. The van der Waals surface area contributed by atoms with Gasteiger partial charge >= 0.3 is 6.03 Å². The van der Waals surface area contributed by atoms with E-state index in [2.05, 4.69) is 39.6 Å². The minimum absolute atomic E-state index is 0.0295. The summed E-state index contributed by atoms with van der Waals surface area (Å²) in [7, 11) is 0. The van der Waals surface area contributed by atoms with Crippen molar-refractivity contribution in [3.63, 3.8) is 0 Å². The smallest absolute Gasteiger partial charge is 0.318 e. The number of piperazine rings is 1. The lowest BCUT2D eigenvalue weighted by Gasteiger charge is -2.35. The molecule has 2 amide bonds. The molecule has 1 fully saturated rings. The van der Waals surface area contributed by atoms with Gasteiger partial charge in [0.15, 0.2) is 0 Å². The van der Waals surface area contributed by atoms with Crippen molar-refractivity contribution < 1.29 is 4.79 Å². The van der Waals surface area contributed by atoms with Crippen molar-refractivity contribution in [3.05, 3.63) is 53.4 Å². The third-order valence-electron chi connectivity index (χ3n) is 3.72. The molecule has 0 unspecified atom stereocenters. The second-order valence-corrected chi connectivity index (χ2v) is 6.18. The van der Waals surface area contributed by atoms with E-state index in [-0.39, 0.29) is 6.03 Å². The second kappa shape index (κ2) is 7.70. The first-order valence-electron chi connectivity index (χ1n) is 7.68.